The smallest absolute Gasteiger partial charge is 0.254 e. The summed E-state index contributed by atoms with van der Waals surface area (Å²) in [7, 11) is 0. The SMILES string of the molecule is O=C(c1ccc(Br)cc1)N(Cc1nccs1)C1CC1. The zero-order chi connectivity index (χ0) is 13.2. The largest absolute Gasteiger partial charge is 0.329 e. The predicted octanol–water partition coefficient (Wildman–Crippen LogP) is 3.71. The van der Waals surface area contributed by atoms with Crippen LogP contribution in [0.1, 0.15) is 28.2 Å². The average Bonchev–Trinajstić information content (AvgIpc) is 3.13. The molecule has 1 aromatic heterocycles. The van der Waals surface area contributed by atoms with Gasteiger partial charge >= 0.3 is 0 Å². The molecule has 0 N–H and O–H groups in total. The van der Waals surface area contributed by atoms with Crippen LogP contribution in [0.5, 0.6) is 0 Å². The van der Waals surface area contributed by atoms with Crippen LogP contribution in [0.2, 0.25) is 0 Å². The molecule has 0 spiro atoms. The first-order valence-corrected chi connectivity index (χ1v) is 7.86. The molecular weight excluding hydrogens is 324 g/mol. The van der Waals surface area contributed by atoms with E-state index in [9.17, 15) is 4.79 Å². The topological polar surface area (TPSA) is 33.2 Å². The normalized spacial score (nSPS) is 14.4. The van der Waals surface area contributed by atoms with Gasteiger partial charge in [-0.2, -0.15) is 0 Å². The third-order valence-corrected chi connectivity index (χ3v) is 4.42. The van der Waals surface area contributed by atoms with E-state index in [1.54, 1.807) is 17.5 Å². The molecule has 3 rings (SSSR count). The Bertz CT molecular complexity index is 564. The molecule has 0 atom stereocenters. The molecule has 0 aliphatic heterocycles. The molecule has 1 fully saturated rings. The molecule has 19 heavy (non-hydrogen) atoms. The zero-order valence-electron chi connectivity index (χ0n) is 10.3. The first-order valence-electron chi connectivity index (χ1n) is 6.19. The van der Waals surface area contributed by atoms with Crippen LogP contribution in [0.4, 0.5) is 0 Å². The van der Waals surface area contributed by atoms with E-state index < -0.39 is 0 Å². The molecule has 0 bridgehead atoms. The fourth-order valence-corrected chi connectivity index (χ4v) is 2.87. The van der Waals surface area contributed by atoms with Gasteiger partial charge in [-0.3, -0.25) is 4.79 Å². The van der Waals surface area contributed by atoms with Crippen molar-refractivity contribution >= 4 is 33.2 Å². The number of rotatable bonds is 4. The third kappa shape index (κ3) is 3.04. The van der Waals surface area contributed by atoms with Crippen molar-refractivity contribution in [1.29, 1.82) is 0 Å². The van der Waals surface area contributed by atoms with Gasteiger partial charge in [0.15, 0.2) is 0 Å². The Morgan fingerprint density at radius 2 is 2.11 bits per heavy atom. The fraction of sp³-hybridized carbons (Fsp3) is 0.286. The molecule has 5 heteroatoms. The van der Waals surface area contributed by atoms with Crippen molar-refractivity contribution in [1.82, 2.24) is 9.88 Å². The van der Waals surface area contributed by atoms with Gasteiger partial charge in [-0.25, -0.2) is 4.98 Å². The highest BCUT2D eigenvalue weighted by Gasteiger charge is 2.33. The first kappa shape index (κ1) is 12.8. The molecule has 0 unspecified atom stereocenters. The predicted molar refractivity (Wildman–Crippen MR) is 79.2 cm³/mol. The number of carbonyl (C=O) groups excluding carboxylic acids is 1. The number of amides is 1. The maximum absolute atomic E-state index is 12.6. The van der Waals surface area contributed by atoms with E-state index in [4.69, 9.17) is 0 Å². The van der Waals surface area contributed by atoms with Gasteiger partial charge in [-0.05, 0) is 37.1 Å². The summed E-state index contributed by atoms with van der Waals surface area (Å²) in [6.07, 6.45) is 4.00. The summed E-state index contributed by atoms with van der Waals surface area (Å²) in [5, 5.41) is 2.95. The quantitative estimate of drug-likeness (QED) is 0.852. The molecule has 98 valence electrons. The minimum absolute atomic E-state index is 0.102. The molecule has 0 radical (unpaired) electrons. The Morgan fingerprint density at radius 1 is 1.37 bits per heavy atom. The van der Waals surface area contributed by atoms with Gasteiger partial charge in [0.2, 0.25) is 0 Å². The van der Waals surface area contributed by atoms with Crippen LogP contribution in [0.25, 0.3) is 0 Å². The molecule has 1 aliphatic carbocycles. The lowest BCUT2D eigenvalue weighted by atomic mass is 10.2. The number of hydrogen-bond acceptors (Lipinski definition) is 3. The van der Waals surface area contributed by atoms with Crippen LogP contribution in [0.3, 0.4) is 0 Å². The Balaban J connectivity index is 1.79. The van der Waals surface area contributed by atoms with Crippen LogP contribution in [0.15, 0.2) is 40.3 Å². The summed E-state index contributed by atoms with van der Waals surface area (Å²) >= 11 is 4.99. The van der Waals surface area contributed by atoms with Crippen molar-refractivity contribution < 1.29 is 4.79 Å². The summed E-state index contributed by atoms with van der Waals surface area (Å²) in [5.41, 5.74) is 0.742. The lowest BCUT2D eigenvalue weighted by Gasteiger charge is -2.21. The fourth-order valence-electron chi connectivity index (χ4n) is 1.99. The van der Waals surface area contributed by atoms with Gasteiger partial charge in [0, 0.05) is 27.7 Å². The van der Waals surface area contributed by atoms with Gasteiger partial charge < -0.3 is 4.90 Å². The molecule has 1 heterocycles. The highest BCUT2D eigenvalue weighted by atomic mass is 79.9. The number of halogens is 1. The van der Waals surface area contributed by atoms with Crippen molar-refractivity contribution in [2.45, 2.75) is 25.4 Å². The maximum Gasteiger partial charge on any atom is 0.254 e. The first-order chi connectivity index (χ1) is 9.24. The molecule has 1 saturated carbocycles. The molecule has 1 amide bonds. The van der Waals surface area contributed by atoms with Crippen molar-refractivity contribution in [3.8, 4) is 0 Å². The molecular formula is C14H13BrN2OS. The number of thiazole rings is 1. The molecule has 0 saturated heterocycles. The Hall–Kier alpha value is -1.20. The van der Waals surface area contributed by atoms with Crippen molar-refractivity contribution in [3.05, 3.63) is 50.9 Å². The van der Waals surface area contributed by atoms with Crippen molar-refractivity contribution in [2.75, 3.05) is 0 Å². The summed E-state index contributed by atoms with van der Waals surface area (Å²) in [6.45, 7) is 0.622. The van der Waals surface area contributed by atoms with Crippen LogP contribution < -0.4 is 0 Å². The number of hydrogen-bond donors (Lipinski definition) is 0. The molecule has 1 aliphatic rings. The Kier molecular flexibility index (Phi) is 3.66. The van der Waals surface area contributed by atoms with Gasteiger partial charge in [-0.1, -0.05) is 15.9 Å². The summed E-state index contributed by atoms with van der Waals surface area (Å²) in [6, 6.07) is 7.93. The lowest BCUT2D eigenvalue weighted by Crippen LogP contribution is -2.32. The van der Waals surface area contributed by atoms with E-state index in [0.29, 0.717) is 12.6 Å². The standard InChI is InChI=1S/C14H13BrN2OS/c15-11-3-1-10(2-4-11)14(18)17(12-5-6-12)9-13-16-7-8-19-13/h1-4,7-8,12H,5-6,9H2. The van der Waals surface area contributed by atoms with Gasteiger partial charge in [-0.15, -0.1) is 11.3 Å². The maximum atomic E-state index is 12.6. The number of carbonyl (C=O) groups is 1. The average molecular weight is 337 g/mol. The number of benzene rings is 1. The van der Waals surface area contributed by atoms with Gasteiger partial charge in [0.25, 0.3) is 5.91 Å². The second-order valence-electron chi connectivity index (χ2n) is 4.60. The summed E-state index contributed by atoms with van der Waals surface area (Å²) in [5.74, 6) is 0.102. The van der Waals surface area contributed by atoms with Gasteiger partial charge in [0.05, 0.1) is 6.54 Å². The minimum atomic E-state index is 0.102. The highest BCUT2D eigenvalue weighted by molar-refractivity contribution is 9.10. The zero-order valence-corrected chi connectivity index (χ0v) is 12.7. The van der Waals surface area contributed by atoms with Crippen LogP contribution in [-0.2, 0) is 6.54 Å². The summed E-state index contributed by atoms with van der Waals surface area (Å²) < 4.78 is 0.988. The van der Waals surface area contributed by atoms with E-state index in [1.165, 1.54) is 0 Å². The Morgan fingerprint density at radius 3 is 2.68 bits per heavy atom. The van der Waals surface area contributed by atoms with E-state index in [2.05, 4.69) is 20.9 Å². The number of aromatic nitrogens is 1. The highest BCUT2D eigenvalue weighted by Crippen LogP contribution is 2.30. The minimum Gasteiger partial charge on any atom is -0.329 e. The second kappa shape index (κ2) is 5.43. The van der Waals surface area contributed by atoms with Crippen molar-refractivity contribution in [3.63, 3.8) is 0 Å². The van der Waals surface area contributed by atoms with E-state index in [-0.39, 0.29) is 5.91 Å². The number of nitrogens with zero attached hydrogens (tertiary/aromatic N) is 2. The Labute approximate surface area is 124 Å². The van der Waals surface area contributed by atoms with Crippen LogP contribution in [-0.4, -0.2) is 21.8 Å². The van der Waals surface area contributed by atoms with E-state index in [1.807, 2.05) is 34.5 Å². The monoisotopic (exact) mass is 336 g/mol. The van der Waals surface area contributed by atoms with Crippen LogP contribution in [0, 0.1) is 0 Å². The van der Waals surface area contributed by atoms with E-state index in [0.717, 1.165) is 27.9 Å². The molecule has 2 aromatic rings. The molecule has 1 aromatic carbocycles. The molecule has 3 nitrogen and oxygen atoms in total. The lowest BCUT2D eigenvalue weighted by molar-refractivity contribution is 0.0730. The third-order valence-electron chi connectivity index (χ3n) is 3.13. The summed E-state index contributed by atoms with van der Waals surface area (Å²) in [4.78, 5) is 18.8. The van der Waals surface area contributed by atoms with Crippen molar-refractivity contribution in [2.24, 2.45) is 0 Å². The second-order valence-corrected chi connectivity index (χ2v) is 6.49. The van der Waals surface area contributed by atoms with Crippen LogP contribution >= 0.6 is 27.3 Å². The van der Waals surface area contributed by atoms with Gasteiger partial charge in [0.1, 0.15) is 5.01 Å². The van der Waals surface area contributed by atoms with E-state index >= 15 is 0 Å².